The molecule has 0 aromatic heterocycles. The van der Waals surface area contributed by atoms with Gasteiger partial charge in [0.15, 0.2) is 0 Å². The van der Waals surface area contributed by atoms with Crippen LogP contribution < -0.4 is 10.6 Å². The molecule has 22 heavy (non-hydrogen) atoms. The van der Waals surface area contributed by atoms with E-state index in [0.29, 0.717) is 25.7 Å². The summed E-state index contributed by atoms with van der Waals surface area (Å²) in [4.78, 5) is 12.6. The van der Waals surface area contributed by atoms with Crippen LogP contribution in [-0.2, 0) is 16.1 Å². The average molecular weight is 302 g/mol. The van der Waals surface area contributed by atoms with Gasteiger partial charge < -0.3 is 15.4 Å². The lowest BCUT2D eigenvalue weighted by Crippen LogP contribution is -2.48. The summed E-state index contributed by atoms with van der Waals surface area (Å²) in [5.41, 5.74) is 1.01. The van der Waals surface area contributed by atoms with Gasteiger partial charge in [0, 0.05) is 13.1 Å². The van der Waals surface area contributed by atoms with Gasteiger partial charge >= 0.3 is 0 Å². The van der Waals surface area contributed by atoms with Crippen LogP contribution in [0.4, 0.5) is 0 Å². The first kappa shape index (κ1) is 15.5. The Morgan fingerprint density at radius 1 is 1.32 bits per heavy atom. The van der Waals surface area contributed by atoms with Crippen molar-refractivity contribution in [2.24, 2.45) is 11.3 Å². The highest BCUT2D eigenvalue weighted by Crippen LogP contribution is 2.43. The largest absolute Gasteiger partial charge is 0.375 e. The molecule has 0 unspecified atom stereocenters. The van der Waals surface area contributed by atoms with Crippen molar-refractivity contribution in [3.8, 4) is 0 Å². The van der Waals surface area contributed by atoms with Crippen molar-refractivity contribution in [1.29, 1.82) is 0 Å². The second kappa shape index (κ2) is 7.25. The van der Waals surface area contributed by atoms with Crippen molar-refractivity contribution in [2.45, 2.75) is 32.3 Å². The topological polar surface area (TPSA) is 50.4 Å². The molecule has 0 spiro atoms. The molecule has 0 bridgehead atoms. The number of carbonyl (C=O) groups is 1. The van der Waals surface area contributed by atoms with Gasteiger partial charge in [0.25, 0.3) is 0 Å². The lowest BCUT2D eigenvalue weighted by molar-refractivity contribution is -0.134. The number of hydrogen-bond donors (Lipinski definition) is 2. The minimum Gasteiger partial charge on any atom is -0.375 e. The lowest BCUT2D eigenvalue weighted by atomic mass is 9.67. The number of amides is 1. The normalized spacial score (nSPS) is 27.4. The smallest absolute Gasteiger partial charge is 0.227 e. The molecule has 1 aliphatic heterocycles. The first-order chi connectivity index (χ1) is 10.8. The number of rotatable bonds is 6. The van der Waals surface area contributed by atoms with Crippen LogP contribution in [0.3, 0.4) is 0 Å². The number of ether oxygens (including phenoxy) is 1. The van der Waals surface area contributed by atoms with E-state index in [-0.39, 0.29) is 11.3 Å². The van der Waals surface area contributed by atoms with Crippen molar-refractivity contribution < 1.29 is 9.53 Å². The zero-order valence-corrected chi connectivity index (χ0v) is 13.1. The summed E-state index contributed by atoms with van der Waals surface area (Å²) < 4.78 is 5.64. The number of hydrogen-bond acceptors (Lipinski definition) is 3. The fourth-order valence-electron chi connectivity index (χ4n) is 3.87. The maximum Gasteiger partial charge on any atom is 0.227 e. The van der Waals surface area contributed by atoms with Crippen molar-refractivity contribution in [1.82, 2.24) is 10.6 Å². The van der Waals surface area contributed by atoms with E-state index in [9.17, 15) is 4.79 Å². The van der Waals surface area contributed by atoms with Crippen LogP contribution in [0.5, 0.6) is 0 Å². The first-order valence-corrected chi connectivity index (χ1v) is 8.42. The van der Waals surface area contributed by atoms with Crippen LogP contribution >= 0.6 is 0 Å². The summed E-state index contributed by atoms with van der Waals surface area (Å²) in [6.07, 6.45) is 4.66. The van der Waals surface area contributed by atoms with Crippen molar-refractivity contribution in [3.05, 3.63) is 35.9 Å². The summed E-state index contributed by atoms with van der Waals surface area (Å²) in [7, 11) is 0. The molecule has 4 heteroatoms. The maximum atomic E-state index is 12.6. The molecule has 2 N–H and O–H groups in total. The zero-order chi connectivity index (χ0) is 15.3. The summed E-state index contributed by atoms with van der Waals surface area (Å²) in [6, 6.07) is 10.1. The Morgan fingerprint density at radius 2 is 2.18 bits per heavy atom. The Balaban J connectivity index is 1.41. The Hall–Kier alpha value is -1.39. The fraction of sp³-hybridized carbons (Fsp3) is 0.611. The van der Waals surface area contributed by atoms with Gasteiger partial charge in [0.2, 0.25) is 5.91 Å². The van der Waals surface area contributed by atoms with Crippen LogP contribution in [0.15, 0.2) is 30.3 Å². The van der Waals surface area contributed by atoms with Gasteiger partial charge in [-0.25, -0.2) is 0 Å². The van der Waals surface area contributed by atoms with Gasteiger partial charge in [-0.05, 0) is 30.9 Å². The first-order valence-electron chi connectivity index (χ1n) is 8.42. The number of nitrogens with one attached hydrogen (secondary N) is 2. The molecule has 1 aromatic rings. The van der Waals surface area contributed by atoms with Crippen LogP contribution in [0.2, 0.25) is 0 Å². The molecule has 2 aliphatic rings. The van der Waals surface area contributed by atoms with Crippen molar-refractivity contribution in [3.63, 3.8) is 0 Å². The zero-order valence-electron chi connectivity index (χ0n) is 13.1. The second-order valence-corrected chi connectivity index (χ2v) is 6.52. The second-order valence-electron chi connectivity index (χ2n) is 6.52. The van der Waals surface area contributed by atoms with E-state index in [1.165, 1.54) is 24.8 Å². The highest BCUT2D eigenvalue weighted by atomic mass is 16.5. The minimum atomic E-state index is -0.155. The molecular weight excluding hydrogens is 276 g/mol. The van der Waals surface area contributed by atoms with Crippen LogP contribution in [0.1, 0.15) is 31.2 Å². The standard InChI is InChI=1S/C18H26N2O2/c21-17(18-9-5-4-8-16(18)12-19-14-18)20-10-11-22-13-15-6-2-1-3-7-15/h1-3,6-7,16,19H,4-5,8-14H2,(H,20,21)/t16-,18+/m0/s1. The lowest BCUT2D eigenvalue weighted by Gasteiger charge is -2.37. The summed E-state index contributed by atoms with van der Waals surface area (Å²) >= 11 is 0. The molecule has 120 valence electrons. The van der Waals surface area contributed by atoms with E-state index < -0.39 is 0 Å². The van der Waals surface area contributed by atoms with Crippen molar-refractivity contribution >= 4 is 5.91 Å². The maximum absolute atomic E-state index is 12.6. The van der Waals surface area contributed by atoms with Crippen molar-refractivity contribution in [2.75, 3.05) is 26.2 Å². The molecule has 1 saturated carbocycles. The Labute approximate surface area is 132 Å². The fourth-order valence-corrected chi connectivity index (χ4v) is 3.87. The highest BCUT2D eigenvalue weighted by molar-refractivity contribution is 5.83. The van der Waals surface area contributed by atoms with Crippen LogP contribution in [0, 0.1) is 11.3 Å². The molecule has 2 atom stereocenters. The van der Waals surface area contributed by atoms with Gasteiger partial charge in [-0.3, -0.25) is 4.79 Å². The Morgan fingerprint density at radius 3 is 3.05 bits per heavy atom. The summed E-state index contributed by atoms with van der Waals surface area (Å²) in [5.74, 6) is 0.747. The molecule has 4 nitrogen and oxygen atoms in total. The van der Waals surface area contributed by atoms with E-state index in [1.54, 1.807) is 0 Å². The predicted octanol–water partition coefficient (Wildman–Crippen LogP) is 2.10. The summed E-state index contributed by atoms with van der Waals surface area (Å²) in [6.45, 7) is 3.60. The average Bonchev–Trinajstić information content (AvgIpc) is 3.00. The van der Waals surface area contributed by atoms with Gasteiger partial charge in [0.1, 0.15) is 0 Å². The quantitative estimate of drug-likeness (QED) is 0.791. The molecule has 1 saturated heterocycles. The predicted molar refractivity (Wildman–Crippen MR) is 86.4 cm³/mol. The van der Waals surface area contributed by atoms with Gasteiger partial charge in [-0.15, -0.1) is 0 Å². The van der Waals surface area contributed by atoms with E-state index in [1.807, 2.05) is 30.3 Å². The third-order valence-corrected chi connectivity index (χ3v) is 5.13. The molecule has 0 radical (unpaired) electrons. The molecular formula is C18H26N2O2. The highest BCUT2D eigenvalue weighted by Gasteiger charge is 2.49. The molecule has 1 aliphatic carbocycles. The SMILES string of the molecule is O=C(NCCOCc1ccccc1)[C@@]12CCCC[C@H]1CNC2. The van der Waals surface area contributed by atoms with Crippen LogP contribution in [-0.4, -0.2) is 32.1 Å². The third kappa shape index (κ3) is 3.33. The Kier molecular flexibility index (Phi) is 5.11. The monoisotopic (exact) mass is 302 g/mol. The third-order valence-electron chi connectivity index (χ3n) is 5.13. The van der Waals surface area contributed by atoms with E-state index in [2.05, 4.69) is 10.6 Å². The molecule has 1 heterocycles. The van der Waals surface area contributed by atoms with Crippen LogP contribution in [0.25, 0.3) is 0 Å². The van der Waals surface area contributed by atoms with Gasteiger partial charge in [-0.2, -0.15) is 0 Å². The molecule has 2 fully saturated rings. The van der Waals surface area contributed by atoms with E-state index >= 15 is 0 Å². The minimum absolute atomic E-state index is 0.155. The molecule has 1 aromatic carbocycles. The van der Waals surface area contributed by atoms with Gasteiger partial charge in [0.05, 0.1) is 18.6 Å². The van der Waals surface area contributed by atoms with Gasteiger partial charge in [-0.1, -0.05) is 43.2 Å². The number of benzene rings is 1. The number of carbonyl (C=O) groups excluding carboxylic acids is 1. The molecule has 1 amide bonds. The van der Waals surface area contributed by atoms with E-state index in [4.69, 9.17) is 4.74 Å². The number of fused-ring (bicyclic) bond motifs is 1. The summed E-state index contributed by atoms with van der Waals surface area (Å²) in [5, 5.41) is 6.51. The molecule has 3 rings (SSSR count). The van der Waals surface area contributed by atoms with E-state index in [0.717, 1.165) is 19.5 Å². The Bertz CT molecular complexity index is 491.